The van der Waals surface area contributed by atoms with Gasteiger partial charge in [0.2, 0.25) is 0 Å². The molecule has 0 atom stereocenters. The second-order valence-corrected chi connectivity index (χ2v) is 2.10. The Morgan fingerprint density at radius 3 is 1.89 bits per heavy atom. The molecule has 1 heteroatoms. The average Bonchev–Trinajstić information content (AvgIpc) is 1.90. The highest BCUT2D eigenvalue weighted by molar-refractivity contribution is 4.93. The monoisotopic (exact) mass is 127 g/mol. The van der Waals surface area contributed by atoms with Crippen molar-refractivity contribution in [2.75, 3.05) is 13.1 Å². The summed E-state index contributed by atoms with van der Waals surface area (Å²) < 4.78 is 0. The molecule has 9 heavy (non-hydrogen) atoms. The van der Waals surface area contributed by atoms with Gasteiger partial charge in [0.25, 0.3) is 0 Å². The lowest BCUT2D eigenvalue weighted by molar-refractivity contribution is 0.383. The summed E-state index contributed by atoms with van der Waals surface area (Å²) in [5.41, 5.74) is 1.38. The molecule has 0 aliphatic carbocycles. The third-order valence-electron chi connectivity index (χ3n) is 1.68. The quantitative estimate of drug-likeness (QED) is 0.562. The van der Waals surface area contributed by atoms with E-state index in [4.69, 9.17) is 0 Å². The van der Waals surface area contributed by atoms with Gasteiger partial charge >= 0.3 is 0 Å². The molecule has 0 aliphatic rings. The van der Waals surface area contributed by atoms with Crippen LogP contribution in [0.5, 0.6) is 0 Å². The van der Waals surface area contributed by atoms with E-state index >= 15 is 0 Å². The van der Waals surface area contributed by atoms with E-state index in [9.17, 15) is 0 Å². The predicted octanol–water partition coefficient (Wildman–Crippen LogP) is 2.25. The van der Waals surface area contributed by atoms with Gasteiger partial charge < -0.3 is 4.90 Å². The first kappa shape index (κ1) is 8.54. The van der Waals surface area contributed by atoms with E-state index in [0.29, 0.717) is 0 Å². The van der Waals surface area contributed by atoms with E-state index in [0.717, 1.165) is 13.1 Å². The van der Waals surface area contributed by atoms with Crippen LogP contribution >= 0.6 is 0 Å². The molecule has 0 unspecified atom stereocenters. The molecule has 0 bridgehead atoms. The highest BCUT2D eigenvalue weighted by atomic mass is 15.1. The number of hydrogen-bond acceptors (Lipinski definition) is 1. The van der Waals surface area contributed by atoms with Crippen LogP contribution in [0.4, 0.5) is 0 Å². The standard InChI is InChI=1S/C8H17N/c1-5-8(4)9(6-2)7-3/h5H,6-7H2,1-4H3. The van der Waals surface area contributed by atoms with Crippen LogP contribution in [0.25, 0.3) is 0 Å². The summed E-state index contributed by atoms with van der Waals surface area (Å²) >= 11 is 0. The Balaban J connectivity index is 3.79. The van der Waals surface area contributed by atoms with E-state index in [1.807, 2.05) is 0 Å². The van der Waals surface area contributed by atoms with Crippen molar-refractivity contribution < 1.29 is 0 Å². The fourth-order valence-corrected chi connectivity index (χ4v) is 0.905. The summed E-state index contributed by atoms with van der Waals surface area (Å²) in [7, 11) is 0. The second-order valence-electron chi connectivity index (χ2n) is 2.10. The van der Waals surface area contributed by atoms with Crippen molar-refractivity contribution in [3.63, 3.8) is 0 Å². The maximum absolute atomic E-state index is 2.33. The highest BCUT2D eigenvalue weighted by Gasteiger charge is 1.95. The number of hydrogen-bond donors (Lipinski definition) is 0. The van der Waals surface area contributed by atoms with Gasteiger partial charge in [0.1, 0.15) is 0 Å². The number of nitrogens with zero attached hydrogens (tertiary/aromatic N) is 1. The fourth-order valence-electron chi connectivity index (χ4n) is 0.905. The van der Waals surface area contributed by atoms with Crippen molar-refractivity contribution in [3.8, 4) is 0 Å². The van der Waals surface area contributed by atoms with Crippen LogP contribution in [-0.4, -0.2) is 18.0 Å². The molecule has 0 heterocycles. The van der Waals surface area contributed by atoms with Crippen LogP contribution < -0.4 is 0 Å². The van der Waals surface area contributed by atoms with Gasteiger partial charge in [-0.25, -0.2) is 0 Å². The minimum atomic E-state index is 1.12. The maximum Gasteiger partial charge on any atom is 0.0146 e. The van der Waals surface area contributed by atoms with Crippen molar-refractivity contribution in [3.05, 3.63) is 11.8 Å². The van der Waals surface area contributed by atoms with Crippen molar-refractivity contribution in [1.29, 1.82) is 0 Å². The van der Waals surface area contributed by atoms with Crippen LogP contribution in [0, 0.1) is 0 Å². The van der Waals surface area contributed by atoms with Gasteiger partial charge in [-0.05, 0) is 27.7 Å². The van der Waals surface area contributed by atoms with Crippen LogP contribution in [-0.2, 0) is 0 Å². The topological polar surface area (TPSA) is 3.24 Å². The zero-order valence-electron chi connectivity index (χ0n) is 6.94. The summed E-state index contributed by atoms with van der Waals surface area (Å²) in [4.78, 5) is 2.33. The average molecular weight is 127 g/mol. The van der Waals surface area contributed by atoms with Crippen LogP contribution in [0.1, 0.15) is 27.7 Å². The molecule has 0 aromatic heterocycles. The van der Waals surface area contributed by atoms with Crippen molar-refractivity contribution in [1.82, 2.24) is 4.90 Å². The molecule has 0 N–H and O–H groups in total. The molecule has 0 aromatic carbocycles. The molecule has 54 valence electrons. The molecule has 0 aliphatic heterocycles. The minimum Gasteiger partial charge on any atom is -0.376 e. The first-order valence-electron chi connectivity index (χ1n) is 3.64. The molecule has 0 radical (unpaired) electrons. The minimum absolute atomic E-state index is 1.12. The molecule has 0 saturated carbocycles. The van der Waals surface area contributed by atoms with Gasteiger partial charge in [0, 0.05) is 18.8 Å². The first-order valence-corrected chi connectivity index (χ1v) is 3.64. The number of rotatable bonds is 3. The van der Waals surface area contributed by atoms with Crippen molar-refractivity contribution >= 4 is 0 Å². The normalized spacial score (nSPS) is 11.8. The van der Waals surface area contributed by atoms with Crippen molar-refractivity contribution in [2.45, 2.75) is 27.7 Å². The highest BCUT2D eigenvalue weighted by Crippen LogP contribution is 2.00. The maximum atomic E-state index is 2.33. The van der Waals surface area contributed by atoms with E-state index in [1.54, 1.807) is 0 Å². The third kappa shape index (κ3) is 2.54. The lowest BCUT2D eigenvalue weighted by Crippen LogP contribution is -2.20. The third-order valence-corrected chi connectivity index (χ3v) is 1.68. The molecule has 0 amide bonds. The van der Waals surface area contributed by atoms with Crippen LogP contribution in [0.2, 0.25) is 0 Å². The molecule has 0 fully saturated rings. The fraction of sp³-hybridized carbons (Fsp3) is 0.750. The van der Waals surface area contributed by atoms with E-state index in [1.165, 1.54) is 5.70 Å². The zero-order valence-corrected chi connectivity index (χ0v) is 6.94. The van der Waals surface area contributed by atoms with E-state index < -0.39 is 0 Å². The molecule has 0 spiro atoms. The molecular weight excluding hydrogens is 110 g/mol. The second kappa shape index (κ2) is 4.42. The van der Waals surface area contributed by atoms with Gasteiger partial charge in [-0.3, -0.25) is 0 Å². The largest absolute Gasteiger partial charge is 0.376 e. The molecule has 1 nitrogen and oxygen atoms in total. The Morgan fingerprint density at radius 1 is 1.33 bits per heavy atom. The molecule has 0 saturated heterocycles. The van der Waals surface area contributed by atoms with Crippen LogP contribution in [0.15, 0.2) is 11.8 Å². The van der Waals surface area contributed by atoms with Gasteiger partial charge in [0.05, 0.1) is 0 Å². The predicted molar refractivity (Wildman–Crippen MR) is 42.4 cm³/mol. The molecule has 0 aromatic rings. The van der Waals surface area contributed by atoms with Crippen LogP contribution in [0.3, 0.4) is 0 Å². The Bertz CT molecular complexity index is 90.7. The van der Waals surface area contributed by atoms with Gasteiger partial charge in [-0.1, -0.05) is 6.08 Å². The van der Waals surface area contributed by atoms with Gasteiger partial charge in [-0.2, -0.15) is 0 Å². The zero-order chi connectivity index (χ0) is 7.28. The Hall–Kier alpha value is -0.460. The SMILES string of the molecule is CC=C(C)N(CC)CC. The Morgan fingerprint density at radius 2 is 1.78 bits per heavy atom. The summed E-state index contributed by atoms with van der Waals surface area (Å²) in [6.07, 6.45) is 2.15. The summed E-state index contributed by atoms with van der Waals surface area (Å²) in [5, 5.41) is 0. The van der Waals surface area contributed by atoms with Gasteiger partial charge in [-0.15, -0.1) is 0 Å². The molecule has 0 rings (SSSR count). The lowest BCUT2D eigenvalue weighted by atomic mass is 10.4. The summed E-state index contributed by atoms with van der Waals surface area (Å²) in [5.74, 6) is 0. The van der Waals surface area contributed by atoms with Gasteiger partial charge in [0.15, 0.2) is 0 Å². The Kier molecular flexibility index (Phi) is 4.20. The number of allylic oxidation sites excluding steroid dienone is 2. The van der Waals surface area contributed by atoms with Crippen molar-refractivity contribution in [2.24, 2.45) is 0 Å². The van der Waals surface area contributed by atoms with E-state index in [-0.39, 0.29) is 0 Å². The Labute approximate surface area is 58.4 Å². The smallest absolute Gasteiger partial charge is 0.0146 e. The first-order chi connectivity index (χ1) is 4.26. The summed E-state index contributed by atoms with van der Waals surface area (Å²) in [6.45, 7) is 10.8. The molecular formula is C8H17N. The lowest BCUT2D eigenvalue weighted by Gasteiger charge is -2.20. The van der Waals surface area contributed by atoms with E-state index in [2.05, 4.69) is 38.7 Å². The summed E-state index contributed by atoms with van der Waals surface area (Å²) in [6, 6.07) is 0.